The Balaban J connectivity index is 3.40. The minimum absolute atomic E-state index is 0.00000168. The van der Waals surface area contributed by atoms with Crippen molar-refractivity contribution in [1.82, 2.24) is 5.32 Å². The average Bonchev–Trinajstić information content (AvgIpc) is 3.28. The van der Waals surface area contributed by atoms with Gasteiger partial charge in [0.05, 0.1) is 25.4 Å². The van der Waals surface area contributed by atoms with Crippen molar-refractivity contribution in [3.8, 4) is 0 Å². The molecule has 0 radical (unpaired) electrons. The number of hydrogen-bond acceptors (Lipinski definition) is 5. The lowest BCUT2D eigenvalue weighted by molar-refractivity contribution is -0.143. The van der Waals surface area contributed by atoms with Gasteiger partial charge < -0.3 is 20.3 Å². The molecule has 0 aliphatic carbocycles. The average molecular weight is 886 g/mol. The molecule has 6 heteroatoms. The molecule has 0 aromatic heterocycles. The van der Waals surface area contributed by atoms with Crippen molar-refractivity contribution in [1.29, 1.82) is 0 Å². The zero-order valence-electron chi connectivity index (χ0n) is 42.1. The van der Waals surface area contributed by atoms with E-state index in [1.54, 1.807) is 6.08 Å². The lowest BCUT2D eigenvalue weighted by atomic mass is 10.0. The number of aliphatic hydroxyl groups is 2. The van der Waals surface area contributed by atoms with Crippen LogP contribution in [0.2, 0.25) is 0 Å². The molecule has 0 heterocycles. The van der Waals surface area contributed by atoms with Crippen molar-refractivity contribution in [3.63, 3.8) is 0 Å². The Morgan fingerprint density at radius 1 is 0.444 bits per heavy atom. The summed E-state index contributed by atoms with van der Waals surface area (Å²) in [6.45, 7) is 4.85. The first-order chi connectivity index (χ1) is 31.0. The van der Waals surface area contributed by atoms with E-state index in [0.29, 0.717) is 19.4 Å². The molecular weight excluding hydrogens is 779 g/mol. The highest BCUT2D eigenvalue weighted by Gasteiger charge is 2.18. The molecule has 0 saturated heterocycles. The Morgan fingerprint density at radius 2 is 0.794 bits per heavy atom. The van der Waals surface area contributed by atoms with E-state index in [1.165, 1.54) is 212 Å². The Hall–Kier alpha value is -1.92. The van der Waals surface area contributed by atoms with E-state index < -0.39 is 12.1 Å². The molecule has 0 aromatic carbocycles. The fraction of sp³-hybridized carbons (Fsp3) is 0.860. The van der Waals surface area contributed by atoms with E-state index in [4.69, 9.17) is 4.74 Å². The molecule has 0 bridgehead atoms. The Kier molecular flexibility index (Phi) is 51.1. The van der Waals surface area contributed by atoms with E-state index in [0.717, 1.165) is 51.4 Å². The summed E-state index contributed by atoms with van der Waals surface area (Å²) in [5, 5.41) is 23.0. The molecule has 2 atom stereocenters. The SMILES string of the molecule is CCCCC/C=C\C/C=C\CCCCCCCCCC(=O)OCCCCCCCCCCCCCCCCCCCCCC(=O)NC(CO)C(O)/C=C/CCCCCCCCCC. The van der Waals surface area contributed by atoms with Crippen LogP contribution in [0.3, 0.4) is 0 Å². The molecule has 0 fully saturated rings. The van der Waals surface area contributed by atoms with Crippen LogP contribution in [0.25, 0.3) is 0 Å². The predicted octanol–water partition coefficient (Wildman–Crippen LogP) is 16.9. The number of ether oxygens (including phenoxy) is 1. The third-order valence-electron chi connectivity index (χ3n) is 12.7. The molecule has 6 nitrogen and oxygen atoms in total. The zero-order chi connectivity index (χ0) is 45.8. The molecule has 63 heavy (non-hydrogen) atoms. The number of allylic oxidation sites excluding steroid dienone is 5. The lowest BCUT2D eigenvalue weighted by Crippen LogP contribution is -2.45. The van der Waals surface area contributed by atoms with Gasteiger partial charge in [0.15, 0.2) is 0 Å². The molecule has 0 aromatic rings. The van der Waals surface area contributed by atoms with Crippen LogP contribution >= 0.6 is 0 Å². The molecule has 3 N–H and O–H groups in total. The number of nitrogens with one attached hydrogen (secondary N) is 1. The van der Waals surface area contributed by atoms with E-state index in [1.807, 2.05) is 6.08 Å². The smallest absolute Gasteiger partial charge is 0.305 e. The molecule has 0 rings (SSSR count). The van der Waals surface area contributed by atoms with Gasteiger partial charge in [-0.05, 0) is 64.2 Å². The zero-order valence-corrected chi connectivity index (χ0v) is 42.1. The van der Waals surface area contributed by atoms with Gasteiger partial charge in [-0.3, -0.25) is 9.59 Å². The standard InChI is InChI=1S/C57H107NO5/c1-3-5-7-9-11-13-15-16-17-21-25-28-31-35-39-43-47-51-57(62)63-52-48-44-40-36-32-29-26-23-20-18-19-22-24-27-30-34-38-42-46-50-56(61)58-54(53-59)55(60)49-45-41-37-33-14-12-10-8-6-4-2/h11,13,16-17,45,49,54-55,59-60H,3-10,12,14-15,18-44,46-48,50-53H2,1-2H3,(H,58,61)/b13-11-,17-16-,49-45+. The van der Waals surface area contributed by atoms with Crippen molar-refractivity contribution in [2.24, 2.45) is 0 Å². The van der Waals surface area contributed by atoms with Crippen molar-refractivity contribution >= 4 is 11.9 Å². The second kappa shape index (κ2) is 52.7. The Bertz CT molecular complexity index is 1020. The molecule has 2 unspecified atom stereocenters. The van der Waals surface area contributed by atoms with Crippen LogP contribution < -0.4 is 5.32 Å². The van der Waals surface area contributed by atoms with Crippen LogP contribution in [0, 0.1) is 0 Å². The molecule has 0 saturated carbocycles. The first-order valence-electron chi connectivity index (χ1n) is 27.8. The van der Waals surface area contributed by atoms with E-state index >= 15 is 0 Å². The van der Waals surface area contributed by atoms with Crippen LogP contribution in [-0.4, -0.2) is 47.4 Å². The number of unbranched alkanes of at least 4 members (excludes halogenated alkanes) is 36. The molecule has 370 valence electrons. The van der Waals surface area contributed by atoms with Gasteiger partial charge in [0.25, 0.3) is 0 Å². The van der Waals surface area contributed by atoms with Crippen LogP contribution in [0.1, 0.15) is 290 Å². The maximum absolute atomic E-state index is 12.4. The quantitative estimate of drug-likeness (QED) is 0.0321. The lowest BCUT2D eigenvalue weighted by Gasteiger charge is -2.20. The highest BCUT2D eigenvalue weighted by molar-refractivity contribution is 5.76. The monoisotopic (exact) mass is 886 g/mol. The van der Waals surface area contributed by atoms with Gasteiger partial charge in [-0.25, -0.2) is 0 Å². The minimum atomic E-state index is -0.845. The number of carbonyl (C=O) groups excluding carboxylic acids is 2. The maximum Gasteiger partial charge on any atom is 0.305 e. The molecule has 1 amide bonds. The van der Waals surface area contributed by atoms with Crippen molar-refractivity contribution < 1.29 is 24.5 Å². The van der Waals surface area contributed by atoms with Gasteiger partial charge in [0.1, 0.15) is 0 Å². The van der Waals surface area contributed by atoms with Crippen molar-refractivity contribution in [2.45, 2.75) is 302 Å². The Labute approximate surface area is 392 Å². The summed E-state index contributed by atoms with van der Waals surface area (Å²) in [5.41, 5.74) is 0. The van der Waals surface area contributed by atoms with Gasteiger partial charge >= 0.3 is 5.97 Å². The van der Waals surface area contributed by atoms with E-state index in [2.05, 4.69) is 43.5 Å². The van der Waals surface area contributed by atoms with Crippen LogP contribution in [0.5, 0.6) is 0 Å². The van der Waals surface area contributed by atoms with E-state index in [9.17, 15) is 19.8 Å². The van der Waals surface area contributed by atoms with E-state index in [-0.39, 0.29) is 18.5 Å². The summed E-state index contributed by atoms with van der Waals surface area (Å²) in [6.07, 6.45) is 64.5. The fourth-order valence-corrected chi connectivity index (χ4v) is 8.37. The van der Waals surface area contributed by atoms with Gasteiger partial charge in [-0.1, -0.05) is 249 Å². The fourth-order valence-electron chi connectivity index (χ4n) is 8.37. The molecule has 0 aliphatic rings. The van der Waals surface area contributed by atoms with Crippen molar-refractivity contribution in [2.75, 3.05) is 13.2 Å². The summed E-state index contributed by atoms with van der Waals surface area (Å²) in [7, 11) is 0. The number of hydrogen-bond donors (Lipinski definition) is 3. The van der Waals surface area contributed by atoms with Gasteiger partial charge in [0, 0.05) is 12.8 Å². The number of amides is 1. The third-order valence-corrected chi connectivity index (χ3v) is 12.7. The summed E-state index contributed by atoms with van der Waals surface area (Å²) < 4.78 is 5.48. The minimum Gasteiger partial charge on any atom is -0.466 e. The maximum atomic E-state index is 12.4. The largest absolute Gasteiger partial charge is 0.466 e. The first kappa shape index (κ1) is 61.1. The molecular formula is C57H107NO5. The highest BCUT2D eigenvalue weighted by Crippen LogP contribution is 2.16. The number of rotatable bonds is 51. The van der Waals surface area contributed by atoms with Crippen LogP contribution in [0.4, 0.5) is 0 Å². The van der Waals surface area contributed by atoms with Crippen molar-refractivity contribution in [3.05, 3.63) is 36.5 Å². The molecule has 0 spiro atoms. The predicted molar refractivity (Wildman–Crippen MR) is 273 cm³/mol. The first-order valence-corrected chi connectivity index (χ1v) is 27.8. The summed E-state index contributed by atoms with van der Waals surface area (Å²) >= 11 is 0. The third kappa shape index (κ3) is 49.4. The van der Waals surface area contributed by atoms with Gasteiger partial charge in [0.2, 0.25) is 5.91 Å². The Morgan fingerprint density at radius 3 is 1.24 bits per heavy atom. The van der Waals surface area contributed by atoms with Gasteiger partial charge in [-0.2, -0.15) is 0 Å². The van der Waals surface area contributed by atoms with Crippen LogP contribution in [0.15, 0.2) is 36.5 Å². The van der Waals surface area contributed by atoms with Gasteiger partial charge in [-0.15, -0.1) is 0 Å². The second-order valence-corrected chi connectivity index (χ2v) is 18.9. The number of esters is 1. The number of carbonyl (C=O) groups is 2. The topological polar surface area (TPSA) is 95.9 Å². The van der Waals surface area contributed by atoms with Crippen LogP contribution in [-0.2, 0) is 14.3 Å². The summed E-state index contributed by atoms with van der Waals surface area (Å²) in [5.74, 6) is -0.0732. The number of aliphatic hydroxyl groups excluding tert-OH is 2. The normalized spacial score (nSPS) is 12.9. The highest BCUT2D eigenvalue weighted by atomic mass is 16.5. The second-order valence-electron chi connectivity index (χ2n) is 18.9. The summed E-state index contributed by atoms with van der Waals surface area (Å²) in [6, 6.07) is -0.628. The summed E-state index contributed by atoms with van der Waals surface area (Å²) in [4.78, 5) is 24.4. The molecule has 0 aliphatic heterocycles.